The van der Waals surface area contributed by atoms with Crippen molar-refractivity contribution >= 4 is 38.5 Å². The van der Waals surface area contributed by atoms with Gasteiger partial charge in [-0.05, 0) is 84.0 Å². The fraction of sp³-hybridized carbons (Fsp3) is 0.639. The van der Waals surface area contributed by atoms with Gasteiger partial charge in [-0.15, -0.1) is 11.3 Å². The van der Waals surface area contributed by atoms with Gasteiger partial charge in [-0.2, -0.15) is 17.4 Å². The summed E-state index contributed by atoms with van der Waals surface area (Å²) < 4.78 is 38.5. The number of ether oxygens (including phenoxy) is 2. The van der Waals surface area contributed by atoms with Crippen molar-refractivity contribution in [3.8, 4) is 16.5 Å². The number of nitrogens with zero attached hydrogens (tertiary/aromatic N) is 4. The highest BCUT2D eigenvalue weighted by atomic mass is 32.2. The van der Waals surface area contributed by atoms with Crippen LogP contribution >= 0.6 is 11.3 Å². The SMILES string of the molecule is C.C.C.C.CC(C)C(=O)OC1CCCC1.CC(C)NS(=O)(=O)N1CCN(C)CC1.CC(C)Oc1nc2ccccc2nc1-c1cccs1. The van der Waals surface area contributed by atoms with Gasteiger partial charge in [0.25, 0.3) is 10.2 Å². The molecular formula is C36H65N5O5S2. The summed E-state index contributed by atoms with van der Waals surface area (Å²) >= 11 is 1.64. The molecule has 3 aromatic rings. The summed E-state index contributed by atoms with van der Waals surface area (Å²) in [6.45, 7) is 14.2. The van der Waals surface area contributed by atoms with E-state index in [-0.39, 0.29) is 59.8 Å². The normalized spacial score (nSPS) is 15.1. The van der Waals surface area contributed by atoms with Gasteiger partial charge >= 0.3 is 5.97 Å². The van der Waals surface area contributed by atoms with Crippen LogP contribution in [0.3, 0.4) is 0 Å². The van der Waals surface area contributed by atoms with Gasteiger partial charge < -0.3 is 14.4 Å². The summed E-state index contributed by atoms with van der Waals surface area (Å²) in [6.07, 6.45) is 4.88. The Balaban J connectivity index is 0. The Bertz CT molecular complexity index is 1400. The third kappa shape index (κ3) is 15.3. The zero-order chi connectivity index (χ0) is 32.3. The zero-order valence-corrected chi connectivity index (χ0v) is 28.8. The third-order valence-electron chi connectivity index (χ3n) is 6.88. The Morgan fingerprint density at radius 3 is 1.92 bits per heavy atom. The van der Waals surface area contributed by atoms with Gasteiger partial charge in [0.1, 0.15) is 11.8 Å². The van der Waals surface area contributed by atoms with Gasteiger partial charge in [0, 0.05) is 32.2 Å². The molecule has 0 unspecified atom stereocenters. The number of rotatable bonds is 8. The highest BCUT2D eigenvalue weighted by Crippen LogP contribution is 2.32. The molecule has 0 radical (unpaired) electrons. The molecule has 12 heteroatoms. The lowest BCUT2D eigenvalue weighted by atomic mass is 10.2. The van der Waals surface area contributed by atoms with Gasteiger partial charge in [-0.25, -0.2) is 9.97 Å². The van der Waals surface area contributed by atoms with Gasteiger partial charge in [0.2, 0.25) is 5.88 Å². The Morgan fingerprint density at radius 2 is 1.44 bits per heavy atom. The number of esters is 1. The number of carbonyl (C=O) groups is 1. The first-order chi connectivity index (χ1) is 20.9. The molecule has 1 saturated heterocycles. The summed E-state index contributed by atoms with van der Waals surface area (Å²) in [7, 11) is -1.25. The minimum absolute atomic E-state index is 0. The zero-order valence-electron chi connectivity index (χ0n) is 27.2. The maximum absolute atomic E-state index is 11.7. The number of nitrogens with one attached hydrogen (secondary N) is 1. The summed E-state index contributed by atoms with van der Waals surface area (Å²) in [5.41, 5.74) is 2.57. The molecule has 3 heterocycles. The van der Waals surface area contributed by atoms with Gasteiger partial charge in [0.15, 0.2) is 0 Å². The van der Waals surface area contributed by atoms with Crippen LogP contribution in [0.25, 0.3) is 21.6 Å². The number of piperazine rings is 1. The van der Waals surface area contributed by atoms with Crippen molar-refractivity contribution in [1.29, 1.82) is 0 Å². The van der Waals surface area contributed by atoms with Crippen LogP contribution in [0.4, 0.5) is 0 Å². The first kappa shape index (κ1) is 47.5. The van der Waals surface area contributed by atoms with Crippen molar-refractivity contribution in [1.82, 2.24) is 23.9 Å². The molecule has 1 aliphatic heterocycles. The van der Waals surface area contributed by atoms with Crippen molar-refractivity contribution in [3.05, 3.63) is 41.8 Å². The van der Waals surface area contributed by atoms with E-state index in [2.05, 4.69) is 14.6 Å². The lowest BCUT2D eigenvalue weighted by Gasteiger charge is -2.31. The van der Waals surface area contributed by atoms with E-state index in [0.29, 0.717) is 19.0 Å². The Morgan fingerprint density at radius 1 is 0.875 bits per heavy atom. The summed E-state index contributed by atoms with van der Waals surface area (Å²) in [4.78, 5) is 23.6. The predicted octanol–water partition coefficient (Wildman–Crippen LogP) is 8.29. The first-order valence-electron chi connectivity index (χ1n) is 15.5. The summed E-state index contributed by atoms with van der Waals surface area (Å²) in [6, 6.07) is 11.9. The van der Waals surface area contributed by atoms with E-state index in [0.717, 1.165) is 47.5 Å². The van der Waals surface area contributed by atoms with E-state index in [1.807, 2.05) is 90.4 Å². The second-order valence-corrected chi connectivity index (χ2v) is 14.6. The fourth-order valence-corrected chi connectivity index (χ4v) is 6.66. The molecule has 0 atom stereocenters. The molecule has 48 heavy (non-hydrogen) atoms. The number of carbonyl (C=O) groups excluding carboxylic acids is 1. The van der Waals surface area contributed by atoms with Crippen LogP contribution in [0, 0.1) is 5.92 Å². The number of para-hydroxylation sites is 2. The van der Waals surface area contributed by atoms with Crippen molar-refractivity contribution in [2.75, 3.05) is 33.2 Å². The molecule has 1 aromatic carbocycles. The maximum Gasteiger partial charge on any atom is 0.308 e. The van der Waals surface area contributed by atoms with E-state index < -0.39 is 10.2 Å². The number of likely N-dealkylation sites (N-methyl/N-ethyl adjacent to an activating group) is 1. The molecule has 10 nitrogen and oxygen atoms in total. The highest BCUT2D eigenvalue weighted by Gasteiger charge is 2.25. The average Bonchev–Trinajstić information content (AvgIpc) is 3.68. The molecule has 1 aliphatic carbocycles. The molecule has 2 aliphatic rings. The number of thiophene rings is 1. The topological polar surface area (TPSA) is 114 Å². The van der Waals surface area contributed by atoms with Crippen LogP contribution in [0.1, 0.15) is 96.9 Å². The second-order valence-electron chi connectivity index (χ2n) is 12.0. The quantitative estimate of drug-likeness (QED) is 0.232. The molecule has 0 bridgehead atoms. The van der Waals surface area contributed by atoms with Gasteiger partial charge in [0.05, 0.1) is 27.9 Å². The molecular weight excluding hydrogens is 647 g/mol. The Kier molecular flexibility index (Phi) is 22.6. The largest absolute Gasteiger partial charge is 0.473 e. The van der Waals surface area contributed by atoms with E-state index in [1.54, 1.807) is 11.3 Å². The molecule has 2 aromatic heterocycles. The predicted molar refractivity (Wildman–Crippen MR) is 205 cm³/mol. The minimum atomic E-state index is -3.25. The summed E-state index contributed by atoms with van der Waals surface area (Å²) in [5.74, 6) is 0.587. The average molecular weight is 712 g/mol. The van der Waals surface area contributed by atoms with Gasteiger partial charge in [-0.1, -0.05) is 61.8 Å². The smallest absolute Gasteiger partial charge is 0.308 e. The first-order valence-corrected chi connectivity index (χ1v) is 17.8. The van der Waals surface area contributed by atoms with Crippen LogP contribution in [0.5, 0.6) is 5.88 Å². The maximum atomic E-state index is 11.7. The second kappa shape index (κ2) is 22.9. The van der Waals surface area contributed by atoms with E-state index >= 15 is 0 Å². The molecule has 5 rings (SSSR count). The van der Waals surface area contributed by atoms with Crippen LogP contribution < -0.4 is 9.46 Å². The molecule has 2 fully saturated rings. The number of hydrogen-bond acceptors (Lipinski definition) is 9. The lowest BCUT2D eigenvalue weighted by Crippen LogP contribution is -2.52. The van der Waals surface area contributed by atoms with Crippen molar-refractivity contribution in [3.63, 3.8) is 0 Å². The standard InChI is InChI=1S/C15H14N2OS.C9H16O2.C8H19N3O2S.4CH4/c1-10(2)18-15-14(13-8-5-9-19-13)16-11-6-3-4-7-12(11)17-15;1-7(2)9(10)11-8-5-3-4-6-8;1-8(2)9-14(12,13)11-6-4-10(3)5-7-11;;;;/h3-10H,1-2H3;7-8H,3-6H2,1-2H3;8-9H,4-7H2,1-3H3;4*1H4. The Hall–Kier alpha value is -2.64. The lowest BCUT2D eigenvalue weighted by molar-refractivity contribution is -0.152. The molecule has 276 valence electrons. The molecule has 0 spiro atoms. The summed E-state index contributed by atoms with van der Waals surface area (Å²) in [5, 5.41) is 2.03. The minimum Gasteiger partial charge on any atom is -0.473 e. The molecule has 1 saturated carbocycles. The number of benzene rings is 1. The highest BCUT2D eigenvalue weighted by molar-refractivity contribution is 7.87. The number of aromatic nitrogens is 2. The number of hydrogen-bond donors (Lipinski definition) is 1. The van der Waals surface area contributed by atoms with E-state index in [9.17, 15) is 13.2 Å². The van der Waals surface area contributed by atoms with Crippen LogP contribution in [-0.4, -0.2) is 85.0 Å². The van der Waals surface area contributed by atoms with Crippen LogP contribution in [0.15, 0.2) is 41.8 Å². The molecule has 1 N–H and O–H groups in total. The van der Waals surface area contributed by atoms with E-state index in [1.165, 1.54) is 17.1 Å². The fourth-order valence-electron chi connectivity index (χ4n) is 4.57. The molecule has 0 amide bonds. The van der Waals surface area contributed by atoms with Crippen LogP contribution in [0.2, 0.25) is 0 Å². The van der Waals surface area contributed by atoms with E-state index in [4.69, 9.17) is 14.5 Å². The van der Waals surface area contributed by atoms with Crippen molar-refractivity contribution in [2.24, 2.45) is 5.92 Å². The van der Waals surface area contributed by atoms with Crippen molar-refractivity contribution < 1.29 is 22.7 Å². The number of fused-ring (bicyclic) bond motifs is 1. The monoisotopic (exact) mass is 711 g/mol. The Labute approximate surface area is 296 Å². The van der Waals surface area contributed by atoms with Gasteiger partial charge in [-0.3, -0.25) is 4.79 Å². The van der Waals surface area contributed by atoms with Crippen molar-refractivity contribution in [2.45, 2.75) is 115 Å². The van der Waals surface area contributed by atoms with Crippen LogP contribution in [-0.2, 0) is 19.7 Å². The third-order valence-corrected chi connectivity index (χ3v) is 9.57.